The van der Waals surface area contributed by atoms with Gasteiger partial charge < -0.3 is 23.6 Å². The van der Waals surface area contributed by atoms with Crippen LogP contribution in [0.5, 0.6) is 0 Å². The summed E-state index contributed by atoms with van der Waals surface area (Å²) < 4.78 is 33.3. The second-order valence-electron chi connectivity index (χ2n) is 5.07. The molecule has 0 saturated carbocycles. The Morgan fingerprint density at radius 1 is 1.33 bits per heavy atom. The summed E-state index contributed by atoms with van der Waals surface area (Å²) in [5, 5.41) is 10.6. The van der Waals surface area contributed by atoms with Crippen LogP contribution in [-0.2, 0) is 23.1 Å². The highest BCUT2D eigenvalue weighted by Crippen LogP contribution is 2.50. The molecular formula is C14H21O6P. The van der Waals surface area contributed by atoms with Crippen LogP contribution in [0.3, 0.4) is 0 Å². The van der Waals surface area contributed by atoms with E-state index in [-0.39, 0.29) is 12.8 Å². The minimum atomic E-state index is -3.35. The fourth-order valence-electron chi connectivity index (χ4n) is 2.19. The lowest BCUT2D eigenvalue weighted by atomic mass is 10.00. The summed E-state index contributed by atoms with van der Waals surface area (Å²) in [6.07, 6.45) is -1.31. The second kappa shape index (κ2) is 6.57. The van der Waals surface area contributed by atoms with Gasteiger partial charge in [-0.25, -0.2) is 0 Å². The zero-order valence-electron chi connectivity index (χ0n) is 12.4. The Morgan fingerprint density at radius 3 is 2.48 bits per heavy atom. The normalized spacial score (nSPS) is 30.3. The van der Waals surface area contributed by atoms with Crippen LogP contribution in [0.1, 0.15) is 18.8 Å². The number of hydrogen-bond donors (Lipinski definition) is 1. The molecule has 0 aromatic heterocycles. The highest BCUT2D eigenvalue weighted by molar-refractivity contribution is 7.53. The molecule has 1 aromatic carbocycles. The third kappa shape index (κ3) is 3.72. The third-order valence-corrected chi connectivity index (χ3v) is 5.71. The van der Waals surface area contributed by atoms with Crippen molar-refractivity contribution >= 4 is 7.60 Å². The lowest BCUT2D eigenvalue weighted by Gasteiger charge is -2.42. The summed E-state index contributed by atoms with van der Waals surface area (Å²) in [4.78, 5) is 0. The minimum absolute atomic E-state index is 0.00949. The van der Waals surface area contributed by atoms with Crippen LogP contribution in [0.4, 0.5) is 0 Å². The molecule has 21 heavy (non-hydrogen) atoms. The summed E-state index contributed by atoms with van der Waals surface area (Å²) in [5.41, 5.74) is -0.555. The molecule has 1 fully saturated rings. The Kier molecular flexibility index (Phi) is 5.20. The molecule has 1 aliphatic heterocycles. The molecule has 1 saturated heterocycles. The van der Waals surface area contributed by atoms with E-state index in [1.807, 2.05) is 30.3 Å². The molecule has 1 aromatic rings. The van der Waals surface area contributed by atoms with Gasteiger partial charge in [-0.1, -0.05) is 30.3 Å². The minimum Gasteiger partial charge on any atom is -0.384 e. The molecule has 118 valence electrons. The monoisotopic (exact) mass is 316 g/mol. The molecule has 1 N–H and O–H groups in total. The van der Waals surface area contributed by atoms with Crippen LogP contribution in [0.25, 0.3) is 0 Å². The smallest absolute Gasteiger partial charge is 0.333 e. The lowest BCUT2D eigenvalue weighted by molar-refractivity contribution is -0.283. The topological polar surface area (TPSA) is 74.2 Å². The molecule has 0 radical (unpaired) electrons. The molecule has 6 nitrogen and oxygen atoms in total. The van der Waals surface area contributed by atoms with Crippen LogP contribution in [0.15, 0.2) is 30.3 Å². The highest BCUT2D eigenvalue weighted by atomic mass is 31.2. The first-order valence-corrected chi connectivity index (χ1v) is 8.40. The predicted octanol–water partition coefficient (Wildman–Crippen LogP) is 2.34. The van der Waals surface area contributed by atoms with Crippen molar-refractivity contribution in [2.45, 2.75) is 24.9 Å². The SMILES string of the molecule is COP(=O)(C[C@]1(O)CO[C@@H](c2ccccc2)O[C@H]1C)OC. The van der Waals surface area contributed by atoms with E-state index in [1.54, 1.807) is 6.92 Å². The standard InChI is InChI=1S/C14H21O6P/c1-11-14(15,10-21(16,17-2)18-3)9-19-13(20-11)12-7-5-4-6-8-12/h4-8,11,13,15H,9-10H2,1-3H3/t11-,13+,14+/m0/s1. The maximum atomic E-state index is 12.2. The van der Waals surface area contributed by atoms with Crippen molar-refractivity contribution in [2.75, 3.05) is 27.0 Å². The van der Waals surface area contributed by atoms with Gasteiger partial charge >= 0.3 is 7.60 Å². The quantitative estimate of drug-likeness (QED) is 0.841. The van der Waals surface area contributed by atoms with Gasteiger partial charge in [0.15, 0.2) is 6.29 Å². The van der Waals surface area contributed by atoms with Crippen molar-refractivity contribution in [1.29, 1.82) is 0 Å². The van der Waals surface area contributed by atoms with Crippen LogP contribution in [0.2, 0.25) is 0 Å². The third-order valence-electron chi connectivity index (χ3n) is 3.66. The van der Waals surface area contributed by atoms with E-state index in [0.29, 0.717) is 0 Å². The predicted molar refractivity (Wildman–Crippen MR) is 77.1 cm³/mol. The van der Waals surface area contributed by atoms with Crippen molar-refractivity contribution in [3.8, 4) is 0 Å². The Hall–Kier alpha value is -0.750. The van der Waals surface area contributed by atoms with Gasteiger partial charge in [-0.05, 0) is 6.92 Å². The van der Waals surface area contributed by atoms with Gasteiger partial charge in [0.1, 0.15) is 5.60 Å². The maximum absolute atomic E-state index is 12.2. The second-order valence-corrected chi connectivity index (χ2v) is 7.34. The number of benzene rings is 1. The van der Waals surface area contributed by atoms with Crippen molar-refractivity contribution in [3.05, 3.63) is 35.9 Å². The van der Waals surface area contributed by atoms with Gasteiger partial charge in [0, 0.05) is 19.8 Å². The van der Waals surface area contributed by atoms with E-state index in [1.165, 1.54) is 14.2 Å². The van der Waals surface area contributed by atoms with Crippen molar-refractivity contribution < 1.29 is 28.2 Å². The summed E-state index contributed by atoms with van der Waals surface area (Å²) in [6, 6.07) is 9.45. The average molecular weight is 316 g/mol. The molecular weight excluding hydrogens is 295 g/mol. The van der Waals surface area contributed by atoms with Crippen LogP contribution >= 0.6 is 7.60 Å². The number of rotatable bonds is 5. The lowest BCUT2D eigenvalue weighted by Crippen LogP contribution is -2.53. The first-order chi connectivity index (χ1) is 9.92. The highest BCUT2D eigenvalue weighted by Gasteiger charge is 2.47. The molecule has 7 heteroatoms. The van der Waals surface area contributed by atoms with Gasteiger partial charge in [-0.15, -0.1) is 0 Å². The molecule has 3 atom stereocenters. The molecule has 0 bridgehead atoms. The van der Waals surface area contributed by atoms with Crippen molar-refractivity contribution in [1.82, 2.24) is 0 Å². The molecule has 0 unspecified atom stereocenters. The van der Waals surface area contributed by atoms with Crippen LogP contribution < -0.4 is 0 Å². The van der Waals surface area contributed by atoms with E-state index in [4.69, 9.17) is 18.5 Å². The van der Waals surface area contributed by atoms with Crippen molar-refractivity contribution in [3.63, 3.8) is 0 Å². The van der Waals surface area contributed by atoms with E-state index in [0.717, 1.165) is 5.56 Å². The fourth-order valence-corrected chi connectivity index (χ4v) is 3.61. The summed E-state index contributed by atoms with van der Waals surface area (Å²) in [6.45, 7) is 1.71. The first-order valence-electron chi connectivity index (χ1n) is 6.67. The molecule has 0 spiro atoms. The summed E-state index contributed by atoms with van der Waals surface area (Å²) in [5.74, 6) is 0. The number of ether oxygens (including phenoxy) is 2. The Balaban J connectivity index is 2.08. The number of hydrogen-bond acceptors (Lipinski definition) is 6. The van der Waals surface area contributed by atoms with E-state index in [9.17, 15) is 9.67 Å². The van der Waals surface area contributed by atoms with Gasteiger partial charge in [-0.2, -0.15) is 0 Å². The van der Waals surface area contributed by atoms with Gasteiger partial charge in [0.25, 0.3) is 0 Å². The van der Waals surface area contributed by atoms with Crippen LogP contribution in [-0.4, -0.2) is 43.8 Å². The molecule has 1 heterocycles. The van der Waals surface area contributed by atoms with E-state index >= 15 is 0 Å². The zero-order chi connectivity index (χ0) is 15.5. The number of aliphatic hydroxyl groups is 1. The Bertz CT molecular complexity index is 499. The van der Waals surface area contributed by atoms with Crippen molar-refractivity contribution in [2.24, 2.45) is 0 Å². The molecule has 2 rings (SSSR count). The van der Waals surface area contributed by atoms with Gasteiger partial charge in [-0.3, -0.25) is 4.57 Å². The molecule has 0 amide bonds. The van der Waals surface area contributed by atoms with E-state index < -0.39 is 25.6 Å². The average Bonchev–Trinajstić information content (AvgIpc) is 2.51. The molecule has 0 aliphatic carbocycles. The summed E-state index contributed by atoms with van der Waals surface area (Å²) >= 11 is 0. The Morgan fingerprint density at radius 2 is 1.95 bits per heavy atom. The summed E-state index contributed by atoms with van der Waals surface area (Å²) in [7, 11) is -0.779. The zero-order valence-corrected chi connectivity index (χ0v) is 13.3. The largest absolute Gasteiger partial charge is 0.384 e. The van der Waals surface area contributed by atoms with Crippen LogP contribution in [0, 0.1) is 0 Å². The molecule has 1 aliphatic rings. The fraction of sp³-hybridized carbons (Fsp3) is 0.571. The van der Waals surface area contributed by atoms with E-state index in [2.05, 4.69) is 0 Å². The maximum Gasteiger partial charge on any atom is 0.333 e. The first kappa shape index (κ1) is 16.6. The Labute approximate surface area is 124 Å². The van der Waals surface area contributed by atoms with Gasteiger partial charge in [0.2, 0.25) is 0 Å². The van der Waals surface area contributed by atoms with Gasteiger partial charge in [0.05, 0.1) is 18.9 Å².